The van der Waals surface area contributed by atoms with Gasteiger partial charge in [-0.1, -0.05) is 29.8 Å². The van der Waals surface area contributed by atoms with Crippen LogP contribution in [0.4, 0.5) is 0 Å². The summed E-state index contributed by atoms with van der Waals surface area (Å²) in [6.07, 6.45) is 2.76. The van der Waals surface area contributed by atoms with Crippen LogP contribution in [0.1, 0.15) is 24.1 Å². The monoisotopic (exact) mass is 313 g/mol. The highest BCUT2D eigenvalue weighted by atomic mass is 32.1. The van der Waals surface area contributed by atoms with Crippen LogP contribution in [0.2, 0.25) is 0 Å². The van der Waals surface area contributed by atoms with Crippen molar-refractivity contribution in [3.8, 4) is 10.6 Å². The summed E-state index contributed by atoms with van der Waals surface area (Å²) in [4.78, 5) is 10.1. The van der Waals surface area contributed by atoms with Crippen molar-refractivity contribution in [2.75, 3.05) is 26.2 Å². The summed E-state index contributed by atoms with van der Waals surface area (Å²) in [6, 6.07) is 9.47. The Bertz CT molecular complexity index is 634. The molecule has 1 aromatic heterocycles. The molecule has 116 valence electrons. The van der Waals surface area contributed by atoms with E-state index in [1.807, 2.05) is 0 Å². The molecule has 1 unspecified atom stereocenters. The van der Waals surface area contributed by atoms with Crippen molar-refractivity contribution in [1.29, 1.82) is 0 Å². The number of hydrogen-bond acceptors (Lipinski definition) is 4. The van der Waals surface area contributed by atoms with E-state index in [0.29, 0.717) is 0 Å². The maximum absolute atomic E-state index is 4.85. The van der Waals surface area contributed by atoms with Crippen molar-refractivity contribution in [2.24, 2.45) is 0 Å². The fourth-order valence-electron chi connectivity index (χ4n) is 3.64. The van der Waals surface area contributed by atoms with Gasteiger partial charge in [-0.3, -0.25) is 9.80 Å². The molecule has 0 N–H and O–H groups in total. The van der Waals surface area contributed by atoms with E-state index in [0.717, 1.165) is 17.6 Å². The lowest BCUT2D eigenvalue weighted by atomic mass is 10.1. The summed E-state index contributed by atoms with van der Waals surface area (Å²) in [5.74, 6) is 0. The number of hydrogen-bond donors (Lipinski definition) is 0. The van der Waals surface area contributed by atoms with Crippen molar-refractivity contribution in [3.05, 3.63) is 40.9 Å². The summed E-state index contributed by atoms with van der Waals surface area (Å²) in [5.41, 5.74) is 3.77. The Kier molecular flexibility index (Phi) is 3.99. The molecular formula is C18H23N3S. The molecule has 2 aliphatic rings. The highest BCUT2D eigenvalue weighted by Gasteiger charge is 2.30. The minimum absolute atomic E-state index is 0.795. The zero-order chi connectivity index (χ0) is 14.9. The van der Waals surface area contributed by atoms with Gasteiger partial charge in [-0.15, -0.1) is 11.3 Å². The third kappa shape index (κ3) is 2.96. The van der Waals surface area contributed by atoms with Gasteiger partial charge in [-0.2, -0.15) is 0 Å². The fourth-order valence-corrected chi connectivity index (χ4v) is 4.45. The van der Waals surface area contributed by atoms with Crippen molar-refractivity contribution in [1.82, 2.24) is 14.8 Å². The van der Waals surface area contributed by atoms with Crippen LogP contribution in [0.5, 0.6) is 0 Å². The predicted molar refractivity (Wildman–Crippen MR) is 92.2 cm³/mol. The van der Waals surface area contributed by atoms with Gasteiger partial charge in [0, 0.05) is 43.2 Å². The van der Waals surface area contributed by atoms with E-state index >= 15 is 0 Å². The minimum Gasteiger partial charge on any atom is -0.298 e. The molecule has 2 aliphatic heterocycles. The maximum Gasteiger partial charge on any atom is 0.123 e. The Morgan fingerprint density at radius 2 is 2.05 bits per heavy atom. The maximum atomic E-state index is 4.85. The van der Waals surface area contributed by atoms with E-state index in [2.05, 4.69) is 46.4 Å². The van der Waals surface area contributed by atoms with Crippen molar-refractivity contribution < 1.29 is 0 Å². The lowest BCUT2D eigenvalue weighted by molar-refractivity contribution is 0.0986. The van der Waals surface area contributed by atoms with Crippen molar-refractivity contribution >= 4 is 11.3 Å². The van der Waals surface area contributed by atoms with Gasteiger partial charge in [0.05, 0.1) is 5.69 Å². The van der Waals surface area contributed by atoms with Gasteiger partial charge in [0.25, 0.3) is 0 Å². The number of nitrogens with zero attached hydrogens (tertiary/aromatic N) is 3. The highest BCUT2D eigenvalue weighted by molar-refractivity contribution is 7.13. The number of aryl methyl sites for hydroxylation is 1. The smallest absolute Gasteiger partial charge is 0.123 e. The number of piperazine rings is 1. The molecule has 4 rings (SSSR count). The molecule has 1 atom stereocenters. The first kappa shape index (κ1) is 14.4. The summed E-state index contributed by atoms with van der Waals surface area (Å²) < 4.78 is 0. The molecule has 2 fully saturated rings. The summed E-state index contributed by atoms with van der Waals surface area (Å²) in [6.45, 7) is 8.09. The first-order valence-corrected chi connectivity index (χ1v) is 9.14. The second-order valence-corrected chi connectivity index (χ2v) is 7.44. The van der Waals surface area contributed by atoms with Gasteiger partial charge >= 0.3 is 0 Å². The molecule has 2 aromatic rings. The number of benzene rings is 1. The minimum atomic E-state index is 0.795. The first-order chi connectivity index (χ1) is 10.8. The molecule has 22 heavy (non-hydrogen) atoms. The SMILES string of the molecule is Cc1ccc(-c2nc(CN3CCN4CCCC4C3)cs2)cc1. The Hall–Kier alpha value is -1.23. The van der Waals surface area contributed by atoms with Crippen LogP contribution in [-0.4, -0.2) is 47.0 Å². The highest BCUT2D eigenvalue weighted by Crippen LogP contribution is 2.26. The molecule has 2 saturated heterocycles. The van der Waals surface area contributed by atoms with E-state index in [1.165, 1.54) is 55.8 Å². The standard InChI is InChI=1S/C18H23N3S/c1-14-4-6-15(7-5-14)18-19-16(13-22-18)11-20-9-10-21-8-2-3-17(21)12-20/h4-7,13,17H,2-3,8-12H2,1H3. The van der Waals surface area contributed by atoms with Gasteiger partial charge in [0.15, 0.2) is 0 Å². The zero-order valence-electron chi connectivity index (χ0n) is 13.2. The lowest BCUT2D eigenvalue weighted by Crippen LogP contribution is -2.49. The largest absolute Gasteiger partial charge is 0.298 e. The van der Waals surface area contributed by atoms with Gasteiger partial charge in [0.2, 0.25) is 0 Å². The third-order valence-electron chi connectivity index (χ3n) is 4.91. The Morgan fingerprint density at radius 1 is 1.18 bits per heavy atom. The number of thiazole rings is 1. The molecule has 1 aromatic carbocycles. The number of aromatic nitrogens is 1. The van der Waals surface area contributed by atoms with E-state index < -0.39 is 0 Å². The van der Waals surface area contributed by atoms with Gasteiger partial charge < -0.3 is 0 Å². The second-order valence-electron chi connectivity index (χ2n) is 6.58. The van der Waals surface area contributed by atoms with E-state index in [4.69, 9.17) is 4.98 Å². The van der Waals surface area contributed by atoms with Crippen molar-refractivity contribution in [3.63, 3.8) is 0 Å². The number of rotatable bonds is 3. The van der Waals surface area contributed by atoms with E-state index in [1.54, 1.807) is 11.3 Å². The third-order valence-corrected chi connectivity index (χ3v) is 5.85. The van der Waals surface area contributed by atoms with Crippen molar-refractivity contribution in [2.45, 2.75) is 32.4 Å². The summed E-state index contributed by atoms with van der Waals surface area (Å²) >= 11 is 1.77. The van der Waals surface area contributed by atoms with Crippen LogP contribution in [0, 0.1) is 6.92 Å². The summed E-state index contributed by atoms with van der Waals surface area (Å²) in [7, 11) is 0. The Labute approximate surface area is 136 Å². The molecule has 4 heteroatoms. The molecule has 0 bridgehead atoms. The van der Waals surface area contributed by atoms with Crippen LogP contribution >= 0.6 is 11.3 Å². The molecular weight excluding hydrogens is 290 g/mol. The van der Waals surface area contributed by atoms with Gasteiger partial charge in [0.1, 0.15) is 5.01 Å². The molecule has 3 nitrogen and oxygen atoms in total. The molecule has 0 saturated carbocycles. The van der Waals surface area contributed by atoms with E-state index in [9.17, 15) is 0 Å². The molecule has 0 amide bonds. The van der Waals surface area contributed by atoms with Gasteiger partial charge in [-0.25, -0.2) is 4.98 Å². The molecule has 3 heterocycles. The Morgan fingerprint density at radius 3 is 2.91 bits per heavy atom. The van der Waals surface area contributed by atoms with Crippen LogP contribution in [0.3, 0.4) is 0 Å². The molecule has 0 aliphatic carbocycles. The van der Waals surface area contributed by atoms with Crippen LogP contribution < -0.4 is 0 Å². The molecule has 0 radical (unpaired) electrons. The van der Waals surface area contributed by atoms with Gasteiger partial charge in [-0.05, 0) is 26.3 Å². The van der Waals surface area contributed by atoms with Crippen LogP contribution in [-0.2, 0) is 6.54 Å². The van der Waals surface area contributed by atoms with Crippen LogP contribution in [0.25, 0.3) is 10.6 Å². The van der Waals surface area contributed by atoms with Crippen LogP contribution in [0.15, 0.2) is 29.6 Å². The molecule has 0 spiro atoms. The average molecular weight is 313 g/mol. The second kappa shape index (κ2) is 6.11. The first-order valence-electron chi connectivity index (χ1n) is 8.26. The number of fused-ring (bicyclic) bond motifs is 1. The zero-order valence-corrected chi connectivity index (χ0v) is 14.0. The van der Waals surface area contributed by atoms with E-state index in [-0.39, 0.29) is 0 Å². The fraction of sp³-hybridized carbons (Fsp3) is 0.500. The topological polar surface area (TPSA) is 19.4 Å². The normalized spacial score (nSPS) is 22.9. The quantitative estimate of drug-likeness (QED) is 0.866. The lowest BCUT2D eigenvalue weighted by Gasteiger charge is -2.37. The summed E-state index contributed by atoms with van der Waals surface area (Å²) in [5, 5.41) is 3.38. The Balaban J connectivity index is 1.42. The predicted octanol–water partition coefficient (Wildman–Crippen LogP) is 3.40. The average Bonchev–Trinajstić information content (AvgIpc) is 3.17.